The van der Waals surface area contributed by atoms with Gasteiger partial charge in [0.1, 0.15) is 0 Å². The van der Waals surface area contributed by atoms with Crippen LogP contribution in [0.25, 0.3) is 11.1 Å². The monoisotopic (exact) mass is 311 g/mol. The van der Waals surface area contributed by atoms with Gasteiger partial charge in [-0.3, -0.25) is 10.1 Å². The Morgan fingerprint density at radius 1 is 1.38 bits per heavy atom. The van der Waals surface area contributed by atoms with Gasteiger partial charge in [-0.25, -0.2) is 14.2 Å². The molecule has 1 aromatic heterocycles. The van der Waals surface area contributed by atoms with Crippen molar-refractivity contribution in [1.82, 2.24) is 4.98 Å². The van der Waals surface area contributed by atoms with Crippen LogP contribution in [0.15, 0.2) is 24.3 Å². The van der Waals surface area contributed by atoms with Crippen LogP contribution in [0.2, 0.25) is 5.15 Å². The van der Waals surface area contributed by atoms with Crippen molar-refractivity contribution in [3.63, 3.8) is 0 Å². The van der Waals surface area contributed by atoms with Crippen molar-refractivity contribution in [2.75, 3.05) is 5.73 Å². The third kappa shape index (κ3) is 2.61. The number of halogens is 2. The predicted octanol–water partition coefficient (Wildman–Crippen LogP) is 2.73. The Morgan fingerprint density at radius 3 is 2.43 bits per heavy atom. The molecule has 1 heterocycles. The molecule has 0 saturated heterocycles. The number of pyridine rings is 1. The summed E-state index contributed by atoms with van der Waals surface area (Å²) >= 11 is 5.47. The number of hydrogen-bond donors (Lipinski definition) is 2. The zero-order valence-corrected chi connectivity index (χ0v) is 11.0. The number of carboxylic acids is 1. The van der Waals surface area contributed by atoms with Gasteiger partial charge in [-0.2, -0.15) is 0 Å². The predicted molar refractivity (Wildman–Crippen MR) is 72.7 cm³/mol. The minimum Gasteiger partial charge on any atom is -0.476 e. The molecule has 0 amide bonds. The quantitative estimate of drug-likeness (QED) is 0.511. The zero-order valence-electron chi connectivity index (χ0n) is 10.2. The maximum atomic E-state index is 13.7. The van der Waals surface area contributed by atoms with Crippen molar-refractivity contribution >= 4 is 28.9 Å². The first-order valence-electron chi connectivity index (χ1n) is 5.45. The van der Waals surface area contributed by atoms with Crippen LogP contribution in [0.5, 0.6) is 0 Å². The van der Waals surface area contributed by atoms with Gasteiger partial charge in [-0.05, 0) is 17.7 Å². The Morgan fingerprint density at radius 2 is 1.95 bits per heavy atom. The van der Waals surface area contributed by atoms with Gasteiger partial charge in [0.25, 0.3) is 5.69 Å². The Labute approximate surface area is 121 Å². The lowest BCUT2D eigenvalue weighted by molar-refractivity contribution is -0.384. The van der Waals surface area contributed by atoms with E-state index in [1.165, 1.54) is 12.1 Å². The summed E-state index contributed by atoms with van der Waals surface area (Å²) in [6, 6.07) is 4.80. The molecule has 108 valence electrons. The van der Waals surface area contributed by atoms with E-state index in [-0.39, 0.29) is 16.8 Å². The van der Waals surface area contributed by atoms with Gasteiger partial charge in [0.05, 0.1) is 10.6 Å². The van der Waals surface area contributed by atoms with E-state index in [0.29, 0.717) is 0 Å². The second-order valence-electron chi connectivity index (χ2n) is 3.96. The molecule has 0 aliphatic carbocycles. The van der Waals surface area contributed by atoms with Gasteiger partial charge in [0, 0.05) is 17.7 Å². The molecule has 0 aliphatic heterocycles. The van der Waals surface area contributed by atoms with Crippen molar-refractivity contribution in [3.8, 4) is 11.1 Å². The highest BCUT2D eigenvalue weighted by molar-refractivity contribution is 6.30. The van der Waals surface area contributed by atoms with Gasteiger partial charge in [-0.15, -0.1) is 0 Å². The second kappa shape index (κ2) is 5.33. The number of aromatic carboxylic acids is 1. The first-order chi connectivity index (χ1) is 9.82. The van der Waals surface area contributed by atoms with Crippen molar-refractivity contribution in [2.24, 2.45) is 0 Å². The number of aromatic nitrogens is 1. The molecule has 0 radical (unpaired) electrons. The third-order valence-corrected chi connectivity index (χ3v) is 2.95. The fraction of sp³-hybridized carbons (Fsp3) is 0. The topological polar surface area (TPSA) is 119 Å². The number of nitrogens with two attached hydrogens (primary N) is 1. The Balaban J connectivity index is 2.70. The smallest absolute Gasteiger partial charge is 0.355 e. The number of carbonyl (C=O) groups is 1. The van der Waals surface area contributed by atoms with Gasteiger partial charge in [0.2, 0.25) is 0 Å². The lowest BCUT2D eigenvalue weighted by Crippen LogP contribution is -2.09. The minimum atomic E-state index is -1.45. The normalized spacial score (nSPS) is 10.4. The van der Waals surface area contributed by atoms with Crippen LogP contribution in [0.1, 0.15) is 10.5 Å². The molecule has 7 nitrogen and oxygen atoms in total. The number of benzene rings is 1. The summed E-state index contributed by atoms with van der Waals surface area (Å²) in [4.78, 5) is 24.6. The summed E-state index contributed by atoms with van der Waals surface area (Å²) in [5, 5.41) is 19.0. The number of nitrogens with zero attached hydrogens (tertiary/aromatic N) is 2. The van der Waals surface area contributed by atoms with Crippen molar-refractivity contribution in [1.29, 1.82) is 0 Å². The van der Waals surface area contributed by atoms with Crippen LogP contribution in [0.4, 0.5) is 15.8 Å². The highest BCUT2D eigenvalue weighted by Crippen LogP contribution is 2.34. The lowest BCUT2D eigenvalue weighted by atomic mass is 10.0. The lowest BCUT2D eigenvalue weighted by Gasteiger charge is -2.11. The molecule has 0 fully saturated rings. The molecule has 0 spiro atoms. The van der Waals surface area contributed by atoms with E-state index in [1.54, 1.807) is 0 Å². The minimum absolute atomic E-state index is 0.179. The number of nitrogen functional groups attached to an aromatic ring is 1. The van der Waals surface area contributed by atoms with Crippen LogP contribution >= 0.6 is 11.6 Å². The van der Waals surface area contributed by atoms with Crippen molar-refractivity contribution in [2.45, 2.75) is 0 Å². The fourth-order valence-electron chi connectivity index (χ4n) is 1.75. The van der Waals surface area contributed by atoms with E-state index in [1.807, 2.05) is 0 Å². The number of non-ortho nitro benzene ring substituents is 1. The van der Waals surface area contributed by atoms with E-state index in [2.05, 4.69) is 4.98 Å². The number of hydrogen-bond acceptors (Lipinski definition) is 5. The van der Waals surface area contributed by atoms with Crippen molar-refractivity contribution < 1.29 is 19.2 Å². The van der Waals surface area contributed by atoms with Crippen LogP contribution in [0, 0.1) is 15.9 Å². The number of rotatable bonds is 3. The van der Waals surface area contributed by atoms with E-state index >= 15 is 0 Å². The van der Waals surface area contributed by atoms with E-state index in [4.69, 9.17) is 22.4 Å². The highest BCUT2D eigenvalue weighted by atomic mass is 35.5. The van der Waals surface area contributed by atoms with Crippen LogP contribution in [0.3, 0.4) is 0 Å². The molecule has 0 saturated carbocycles. The van der Waals surface area contributed by atoms with Gasteiger partial charge < -0.3 is 10.8 Å². The average molecular weight is 312 g/mol. The molecule has 9 heteroatoms. The van der Waals surface area contributed by atoms with Gasteiger partial charge in [0.15, 0.2) is 16.7 Å². The molecule has 2 rings (SSSR count). The standard InChI is InChI=1S/C12H7ClFN3O4/c13-11-8(14)9(15)7(10(16-11)12(18)19)5-1-3-6(4-2-5)17(20)21/h1-4H,(H2,15,16)(H,18,19). The van der Waals surface area contributed by atoms with E-state index in [0.717, 1.165) is 12.1 Å². The van der Waals surface area contributed by atoms with Crippen molar-refractivity contribution in [3.05, 3.63) is 51.0 Å². The molecule has 3 N–H and O–H groups in total. The molecule has 0 bridgehead atoms. The van der Waals surface area contributed by atoms with E-state index < -0.39 is 33.2 Å². The molecule has 21 heavy (non-hydrogen) atoms. The van der Waals surface area contributed by atoms with Gasteiger partial charge >= 0.3 is 5.97 Å². The van der Waals surface area contributed by atoms with Crippen LogP contribution in [-0.4, -0.2) is 21.0 Å². The number of nitro groups is 1. The summed E-state index contributed by atoms with van der Waals surface area (Å²) < 4.78 is 13.7. The average Bonchev–Trinajstić information content (AvgIpc) is 2.44. The molecule has 2 aromatic rings. The summed E-state index contributed by atoms with van der Waals surface area (Å²) in [7, 11) is 0. The van der Waals surface area contributed by atoms with E-state index in [9.17, 15) is 19.3 Å². The number of carboxylic acid groups (broad SMARTS) is 1. The Bertz CT molecular complexity index is 749. The molecular formula is C12H7ClFN3O4. The number of anilines is 1. The summed E-state index contributed by atoms with van der Waals surface area (Å²) in [5.74, 6) is -2.49. The van der Waals surface area contributed by atoms with Gasteiger partial charge in [-0.1, -0.05) is 11.6 Å². The molecule has 0 aliphatic rings. The SMILES string of the molecule is Nc1c(F)c(Cl)nc(C(=O)O)c1-c1ccc([N+](=O)[O-])cc1. The highest BCUT2D eigenvalue weighted by Gasteiger charge is 2.23. The first kappa shape index (κ1) is 14.7. The molecule has 0 unspecified atom stereocenters. The van der Waals surface area contributed by atoms with Crippen LogP contribution in [-0.2, 0) is 0 Å². The van der Waals surface area contributed by atoms with Crippen LogP contribution < -0.4 is 5.73 Å². The largest absolute Gasteiger partial charge is 0.476 e. The first-order valence-corrected chi connectivity index (χ1v) is 5.83. The Hall–Kier alpha value is -2.74. The maximum Gasteiger partial charge on any atom is 0.355 e. The number of nitro benzene ring substituents is 1. The molecule has 1 aromatic carbocycles. The fourth-order valence-corrected chi connectivity index (χ4v) is 1.93. The molecule has 0 atom stereocenters. The summed E-state index contributed by atoms with van der Waals surface area (Å²) in [6.45, 7) is 0. The molecular weight excluding hydrogens is 305 g/mol. The Kier molecular flexibility index (Phi) is 3.72. The maximum absolute atomic E-state index is 13.7. The third-order valence-electron chi connectivity index (χ3n) is 2.70. The zero-order chi connectivity index (χ0) is 15.7. The second-order valence-corrected chi connectivity index (χ2v) is 4.32. The summed E-state index contributed by atoms with van der Waals surface area (Å²) in [5.41, 5.74) is 4.34. The summed E-state index contributed by atoms with van der Waals surface area (Å²) in [6.07, 6.45) is 0.